The zero-order chi connectivity index (χ0) is 13.5. The van der Waals surface area contributed by atoms with Crippen molar-refractivity contribution in [3.63, 3.8) is 0 Å². The van der Waals surface area contributed by atoms with Crippen molar-refractivity contribution in [3.8, 4) is 5.75 Å². The summed E-state index contributed by atoms with van der Waals surface area (Å²) in [6, 6.07) is 9.54. The number of methoxy groups -OCH3 is 1. The third kappa shape index (κ3) is 4.69. The van der Waals surface area contributed by atoms with Crippen LogP contribution in [-0.4, -0.2) is 15.9 Å². The number of benzene rings is 1. The second-order valence-electron chi connectivity index (χ2n) is 5.56. The van der Waals surface area contributed by atoms with Gasteiger partial charge in [-0.05, 0) is 23.7 Å². The van der Waals surface area contributed by atoms with Gasteiger partial charge in [-0.15, -0.1) is 0 Å². The quantitative estimate of drug-likeness (QED) is 0.672. The first-order valence-corrected chi connectivity index (χ1v) is 9.00. The molecule has 0 amide bonds. The monoisotopic (exact) mass is 262 g/mol. The summed E-state index contributed by atoms with van der Waals surface area (Å²) in [5.41, 5.74) is 3.02. The second kappa shape index (κ2) is 7.42. The molecule has 1 aromatic carbocycles. The topological polar surface area (TPSA) is 9.23 Å². The zero-order valence-electron chi connectivity index (χ0n) is 12.3. The summed E-state index contributed by atoms with van der Waals surface area (Å²) < 4.78 is 5.16. The lowest BCUT2D eigenvalue weighted by atomic mass is 10.2. The van der Waals surface area contributed by atoms with E-state index in [1.54, 1.807) is 7.11 Å². The molecule has 1 aromatic rings. The number of ether oxygens (including phenoxy) is 1. The third-order valence-corrected chi connectivity index (χ3v) is 7.79. The fourth-order valence-corrected chi connectivity index (χ4v) is 5.47. The standard InChI is InChI=1S/C16H26OSi/c1-13(2)18(14(3)4)12-6-7-15-8-10-16(17-5)11-9-15/h6-11,13-14,18H,12H2,1-5H3. The summed E-state index contributed by atoms with van der Waals surface area (Å²) in [7, 11) is 1.05. The highest BCUT2D eigenvalue weighted by molar-refractivity contribution is 6.62. The Labute approximate surface area is 113 Å². The molecule has 0 aliphatic rings. The first-order valence-electron chi connectivity index (χ1n) is 6.85. The highest BCUT2D eigenvalue weighted by atomic mass is 28.3. The molecule has 1 nitrogen and oxygen atoms in total. The Morgan fingerprint density at radius 3 is 2.06 bits per heavy atom. The van der Waals surface area contributed by atoms with Gasteiger partial charge in [0.15, 0.2) is 0 Å². The molecule has 0 fully saturated rings. The van der Waals surface area contributed by atoms with E-state index in [1.165, 1.54) is 11.6 Å². The van der Waals surface area contributed by atoms with Gasteiger partial charge in [-0.3, -0.25) is 0 Å². The SMILES string of the molecule is COc1ccc(C=CC[SiH](C(C)C)C(C)C)cc1. The number of rotatable bonds is 6. The Morgan fingerprint density at radius 2 is 1.61 bits per heavy atom. The van der Waals surface area contributed by atoms with Crippen LogP contribution in [0.25, 0.3) is 6.08 Å². The number of hydrogen-bond acceptors (Lipinski definition) is 1. The van der Waals surface area contributed by atoms with Crippen LogP contribution in [-0.2, 0) is 0 Å². The van der Waals surface area contributed by atoms with Crippen LogP contribution in [0.5, 0.6) is 5.75 Å². The van der Waals surface area contributed by atoms with Crippen molar-refractivity contribution < 1.29 is 4.74 Å². The minimum absolute atomic E-state index is 0.649. The predicted octanol–water partition coefficient (Wildman–Crippen LogP) is 4.76. The first-order chi connectivity index (χ1) is 8.54. The molecular weight excluding hydrogens is 236 g/mol. The molecule has 0 bridgehead atoms. The second-order valence-corrected chi connectivity index (χ2v) is 10.0. The van der Waals surface area contributed by atoms with Crippen LogP contribution < -0.4 is 4.74 Å². The van der Waals surface area contributed by atoms with E-state index in [0.29, 0.717) is 0 Å². The lowest BCUT2D eigenvalue weighted by Gasteiger charge is -2.21. The Kier molecular flexibility index (Phi) is 6.20. The predicted molar refractivity (Wildman–Crippen MR) is 84.2 cm³/mol. The van der Waals surface area contributed by atoms with Gasteiger partial charge >= 0.3 is 0 Å². The highest BCUT2D eigenvalue weighted by Gasteiger charge is 2.17. The Morgan fingerprint density at radius 1 is 1.06 bits per heavy atom. The van der Waals surface area contributed by atoms with Gasteiger partial charge in [0.25, 0.3) is 0 Å². The van der Waals surface area contributed by atoms with Crippen LogP contribution in [0.4, 0.5) is 0 Å². The molecule has 0 radical (unpaired) electrons. The zero-order valence-corrected chi connectivity index (χ0v) is 13.5. The highest BCUT2D eigenvalue weighted by Crippen LogP contribution is 2.24. The van der Waals surface area contributed by atoms with Crippen LogP contribution in [0, 0.1) is 0 Å². The van der Waals surface area contributed by atoms with Gasteiger partial charge < -0.3 is 4.74 Å². The molecule has 0 unspecified atom stereocenters. The summed E-state index contributed by atoms with van der Waals surface area (Å²) in [6.07, 6.45) is 4.60. The molecular formula is C16H26OSi. The Balaban J connectivity index is 2.57. The normalized spacial score (nSPS) is 12.0. The maximum absolute atomic E-state index is 5.16. The fraction of sp³-hybridized carbons (Fsp3) is 0.500. The van der Waals surface area contributed by atoms with Gasteiger partial charge in [-0.2, -0.15) is 0 Å². The largest absolute Gasteiger partial charge is 0.497 e. The average Bonchev–Trinajstić information content (AvgIpc) is 2.34. The molecule has 0 N–H and O–H groups in total. The molecule has 0 saturated heterocycles. The van der Waals surface area contributed by atoms with Gasteiger partial charge in [-0.1, -0.05) is 63.1 Å². The van der Waals surface area contributed by atoms with Gasteiger partial charge in [0, 0.05) is 8.80 Å². The third-order valence-electron chi connectivity index (χ3n) is 3.55. The molecule has 0 spiro atoms. The van der Waals surface area contributed by atoms with Crippen molar-refractivity contribution >= 4 is 14.9 Å². The molecule has 0 aliphatic heterocycles. The molecule has 2 heteroatoms. The summed E-state index contributed by atoms with van der Waals surface area (Å²) in [5.74, 6) is 0.920. The first kappa shape index (κ1) is 15.0. The van der Waals surface area contributed by atoms with E-state index in [1.807, 2.05) is 12.1 Å². The number of allylic oxidation sites excluding steroid dienone is 1. The summed E-state index contributed by atoms with van der Waals surface area (Å²) in [5, 5.41) is 0. The van der Waals surface area contributed by atoms with Crippen molar-refractivity contribution in [1.29, 1.82) is 0 Å². The maximum atomic E-state index is 5.16. The molecule has 0 aromatic heterocycles. The van der Waals surface area contributed by atoms with Crippen molar-refractivity contribution in [1.82, 2.24) is 0 Å². The van der Waals surface area contributed by atoms with Crippen LogP contribution in [0.15, 0.2) is 30.3 Å². The summed E-state index contributed by atoms with van der Waals surface area (Å²) in [4.78, 5) is 0. The molecule has 0 atom stereocenters. The van der Waals surface area contributed by atoms with Gasteiger partial charge in [0.05, 0.1) is 7.11 Å². The van der Waals surface area contributed by atoms with Crippen molar-refractivity contribution in [2.75, 3.05) is 7.11 Å². The minimum atomic E-state index is -0.649. The van der Waals surface area contributed by atoms with Gasteiger partial charge in [-0.25, -0.2) is 0 Å². The molecule has 18 heavy (non-hydrogen) atoms. The van der Waals surface area contributed by atoms with Crippen molar-refractivity contribution in [2.45, 2.75) is 44.8 Å². The maximum Gasteiger partial charge on any atom is 0.118 e. The minimum Gasteiger partial charge on any atom is -0.497 e. The van der Waals surface area contributed by atoms with Crippen LogP contribution in [0.3, 0.4) is 0 Å². The van der Waals surface area contributed by atoms with Crippen molar-refractivity contribution in [2.24, 2.45) is 0 Å². The van der Waals surface area contributed by atoms with E-state index >= 15 is 0 Å². The van der Waals surface area contributed by atoms with E-state index in [-0.39, 0.29) is 0 Å². The average molecular weight is 262 g/mol. The smallest absolute Gasteiger partial charge is 0.118 e. The lowest BCUT2D eigenvalue weighted by Crippen LogP contribution is -2.19. The van der Waals surface area contributed by atoms with Crippen LogP contribution in [0.2, 0.25) is 17.1 Å². The Bertz CT molecular complexity index is 357. The summed E-state index contributed by atoms with van der Waals surface area (Å²) in [6.45, 7) is 9.49. The van der Waals surface area contributed by atoms with E-state index in [2.05, 4.69) is 52.0 Å². The lowest BCUT2D eigenvalue weighted by molar-refractivity contribution is 0.415. The molecule has 0 saturated carbocycles. The molecule has 1 rings (SSSR count). The van der Waals surface area contributed by atoms with E-state index in [9.17, 15) is 0 Å². The molecule has 0 aliphatic carbocycles. The molecule has 0 heterocycles. The van der Waals surface area contributed by atoms with E-state index < -0.39 is 8.80 Å². The molecule has 100 valence electrons. The summed E-state index contributed by atoms with van der Waals surface area (Å²) >= 11 is 0. The van der Waals surface area contributed by atoms with Crippen molar-refractivity contribution in [3.05, 3.63) is 35.9 Å². The van der Waals surface area contributed by atoms with Gasteiger partial charge in [0.1, 0.15) is 5.75 Å². The van der Waals surface area contributed by atoms with E-state index in [0.717, 1.165) is 16.8 Å². The van der Waals surface area contributed by atoms with Crippen LogP contribution >= 0.6 is 0 Å². The van der Waals surface area contributed by atoms with E-state index in [4.69, 9.17) is 4.74 Å². The van der Waals surface area contributed by atoms with Gasteiger partial charge in [0.2, 0.25) is 0 Å². The van der Waals surface area contributed by atoms with Crippen LogP contribution in [0.1, 0.15) is 33.3 Å². The fourth-order valence-electron chi connectivity index (χ4n) is 2.39. The Hall–Kier alpha value is -1.02. The number of hydrogen-bond donors (Lipinski definition) is 0.